The minimum atomic E-state index is -1.76. The molecule has 0 amide bonds. The molecular formula is C18H32O3Si. The maximum atomic E-state index is 10.0. The highest BCUT2D eigenvalue weighted by Gasteiger charge is 2.37. The highest BCUT2D eigenvalue weighted by Crippen LogP contribution is 2.36. The first kappa shape index (κ1) is 19.4. The van der Waals surface area contributed by atoms with Crippen molar-refractivity contribution >= 4 is 8.32 Å². The van der Waals surface area contributed by atoms with Crippen LogP contribution < -0.4 is 0 Å². The number of benzene rings is 1. The minimum absolute atomic E-state index is 0.186. The topological polar surface area (TPSA) is 38.7 Å². The Bertz CT molecular complexity index is 412. The number of aliphatic hydroxyl groups excluding tert-OH is 1. The van der Waals surface area contributed by atoms with Crippen LogP contribution in [0.4, 0.5) is 0 Å². The molecule has 1 aromatic carbocycles. The first-order valence-corrected chi connectivity index (χ1v) is 11.1. The first-order chi connectivity index (χ1) is 10.2. The van der Waals surface area contributed by atoms with Crippen LogP contribution in [-0.4, -0.2) is 32.7 Å². The third kappa shape index (κ3) is 7.05. The monoisotopic (exact) mass is 324 g/mol. The predicted molar refractivity (Wildman–Crippen MR) is 94.5 cm³/mol. The van der Waals surface area contributed by atoms with E-state index in [2.05, 4.69) is 46.0 Å². The highest BCUT2D eigenvalue weighted by atomic mass is 28.4. The number of aliphatic hydroxyl groups is 1. The molecule has 0 aliphatic carbocycles. The summed E-state index contributed by atoms with van der Waals surface area (Å²) in [4.78, 5) is 0. The maximum Gasteiger partial charge on any atom is 0.192 e. The Morgan fingerprint density at radius 3 is 2.36 bits per heavy atom. The fourth-order valence-electron chi connectivity index (χ4n) is 1.79. The molecule has 22 heavy (non-hydrogen) atoms. The third-order valence-corrected chi connectivity index (χ3v) is 8.88. The van der Waals surface area contributed by atoms with Crippen LogP contribution in [0.25, 0.3) is 0 Å². The Kier molecular flexibility index (Phi) is 7.76. The summed E-state index contributed by atoms with van der Waals surface area (Å²) in [6, 6.07) is 10.1. The van der Waals surface area contributed by atoms with Crippen LogP contribution in [0.3, 0.4) is 0 Å². The molecule has 0 saturated carbocycles. The van der Waals surface area contributed by atoms with Crippen molar-refractivity contribution in [2.45, 2.75) is 64.5 Å². The lowest BCUT2D eigenvalue weighted by Crippen LogP contribution is -2.42. The van der Waals surface area contributed by atoms with E-state index in [1.807, 2.05) is 18.2 Å². The molecule has 3 nitrogen and oxygen atoms in total. The molecule has 1 aromatic rings. The Hall–Kier alpha value is -0.683. The lowest BCUT2D eigenvalue weighted by molar-refractivity contribution is 0.0699. The average Bonchev–Trinajstić information content (AvgIpc) is 2.45. The summed E-state index contributed by atoms with van der Waals surface area (Å²) >= 11 is 0. The van der Waals surface area contributed by atoms with Crippen molar-refractivity contribution in [3.8, 4) is 0 Å². The third-order valence-electron chi connectivity index (χ3n) is 4.38. The van der Waals surface area contributed by atoms with E-state index in [9.17, 15) is 5.11 Å². The smallest absolute Gasteiger partial charge is 0.192 e. The van der Waals surface area contributed by atoms with Crippen molar-refractivity contribution in [3.63, 3.8) is 0 Å². The Balaban J connectivity index is 2.12. The molecule has 4 heteroatoms. The molecule has 0 fully saturated rings. The van der Waals surface area contributed by atoms with Gasteiger partial charge in [-0.3, -0.25) is 0 Å². The lowest BCUT2D eigenvalue weighted by Gasteiger charge is -2.36. The maximum absolute atomic E-state index is 10.0. The lowest BCUT2D eigenvalue weighted by atomic mass is 10.2. The van der Waals surface area contributed by atoms with Crippen molar-refractivity contribution < 1.29 is 14.3 Å². The molecule has 0 spiro atoms. The van der Waals surface area contributed by atoms with Gasteiger partial charge in [-0.15, -0.1) is 0 Å². The molecule has 0 aromatic heterocycles. The molecule has 126 valence electrons. The van der Waals surface area contributed by atoms with E-state index in [1.54, 1.807) is 0 Å². The van der Waals surface area contributed by atoms with Crippen LogP contribution >= 0.6 is 0 Å². The second-order valence-corrected chi connectivity index (χ2v) is 12.2. The van der Waals surface area contributed by atoms with E-state index in [0.29, 0.717) is 19.8 Å². The summed E-state index contributed by atoms with van der Waals surface area (Å²) in [5.74, 6) is 0. The van der Waals surface area contributed by atoms with Gasteiger partial charge in [0.25, 0.3) is 0 Å². The fourth-order valence-corrected chi connectivity index (χ4v) is 2.83. The van der Waals surface area contributed by atoms with Crippen molar-refractivity contribution in [1.29, 1.82) is 0 Å². The molecule has 0 saturated heterocycles. The van der Waals surface area contributed by atoms with Crippen molar-refractivity contribution in [2.24, 2.45) is 0 Å². The second kappa shape index (κ2) is 8.82. The van der Waals surface area contributed by atoms with Gasteiger partial charge in [0.05, 0.1) is 19.3 Å². The zero-order valence-corrected chi connectivity index (χ0v) is 15.8. The Morgan fingerprint density at radius 1 is 1.14 bits per heavy atom. The molecule has 0 aliphatic rings. The van der Waals surface area contributed by atoms with Crippen LogP contribution in [0.15, 0.2) is 30.3 Å². The van der Waals surface area contributed by atoms with Crippen LogP contribution in [-0.2, 0) is 15.8 Å². The number of rotatable bonds is 9. The number of hydrogen-bond acceptors (Lipinski definition) is 3. The van der Waals surface area contributed by atoms with Crippen molar-refractivity contribution in [1.82, 2.24) is 0 Å². The largest absolute Gasteiger partial charge is 0.414 e. The van der Waals surface area contributed by atoms with Gasteiger partial charge in [0.2, 0.25) is 0 Å². The van der Waals surface area contributed by atoms with Crippen LogP contribution in [0.5, 0.6) is 0 Å². The Labute approximate surface area is 136 Å². The van der Waals surface area contributed by atoms with Gasteiger partial charge in [-0.2, -0.15) is 0 Å². The molecule has 0 radical (unpaired) electrons. The summed E-state index contributed by atoms with van der Waals surface area (Å²) in [6.07, 6.45) is 1.19. The van der Waals surface area contributed by atoms with E-state index >= 15 is 0 Å². The minimum Gasteiger partial charge on any atom is -0.414 e. The average molecular weight is 325 g/mol. The quantitative estimate of drug-likeness (QED) is 0.541. The molecule has 1 N–H and O–H groups in total. The van der Waals surface area contributed by atoms with Gasteiger partial charge in [-0.05, 0) is 36.5 Å². The van der Waals surface area contributed by atoms with Crippen molar-refractivity contribution in [2.75, 3.05) is 13.2 Å². The molecular weight excluding hydrogens is 292 g/mol. The van der Waals surface area contributed by atoms with Gasteiger partial charge in [-0.25, -0.2) is 0 Å². The number of hydrogen-bond donors (Lipinski definition) is 1. The van der Waals surface area contributed by atoms with Gasteiger partial charge in [0.15, 0.2) is 8.32 Å². The fraction of sp³-hybridized carbons (Fsp3) is 0.667. The summed E-state index contributed by atoms with van der Waals surface area (Å²) in [6.45, 7) is 12.8. The summed E-state index contributed by atoms with van der Waals surface area (Å²) in [5, 5.41) is 10.2. The van der Waals surface area contributed by atoms with Crippen LogP contribution in [0.2, 0.25) is 18.1 Å². The first-order valence-electron chi connectivity index (χ1n) is 8.16. The second-order valence-electron chi connectivity index (χ2n) is 7.41. The molecule has 0 heterocycles. The van der Waals surface area contributed by atoms with Gasteiger partial charge in [0.1, 0.15) is 0 Å². The molecule has 1 atom stereocenters. The van der Waals surface area contributed by atoms with Gasteiger partial charge >= 0.3 is 0 Å². The van der Waals surface area contributed by atoms with E-state index in [1.165, 1.54) is 5.56 Å². The zero-order valence-electron chi connectivity index (χ0n) is 14.8. The summed E-state index contributed by atoms with van der Waals surface area (Å²) in [5.41, 5.74) is 1.18. The Morgan fingerprint density at radius 2 is 1.77 bits per heavy atom. The van der Waals surface area contributed by atoms with E-state index < -0.39 is 14.4 Å². The van der Waals surface area contributed by atoms with Crippen LogP contribution in [0, 0.1) is 0 Å². The van der Waals surface area contributed by atoms with Gasteiger partial charge in [0, 0.05) is 6.61 Å². The zero-order chi connectivity index (χ0) is 16.6. The molecule has 1 rings (SSSR count). The summed E-state index contributed by atoms with van der Waals surface area (Å²) < 4.78 is 11.7. The van der Waals surface area contributed by atoms with E-state index in [-0.39, 0.29) is 5.04 Å². The molecule has 0 bridgehead atoms. The summed E-state index contributed by atoms with van der Waals surface area (Å²) in [7, 11) is -1.76. The highest BCUT2D eigenvalue weighted by molar-refractivity contribution is 6.74. The van der Waals surface area contributed by atoms with Gasteiger partial charge < -0.3 is 14.3 Å². The number of ether oxygens (including phenoxy) is 1. The SMILES string of the molecule is CC(C)(C)[Si](C)(C)OCC(O)CCCOCc1ccccc1. The van der Waals surface area contributed by atoms with E-state index in [0.717, 1.165) is 12.8 Å². The van der Waals surface area contributed by atoms with Crippen molar-refractivity contribution in [3.05, 3.63) is 35.9 Å². The van der Waals surface area contributed by atoms with Crippen LogP contribution in [0.1, 0.15) is 39.2 Å². The van der Waals surface area contributed by atoms with E-state index in [4.69, 9.17) is 9.16 Å². The molecule has 1 unspecified atom stereocenters. The standard InChI is InChI=1S/C18H32O3Si/c1-18(2,3)22(4,5)21-15-17(19)12-9-13-20-14-16-10-7-6-8-11-16/h6-8,10-11,17,19H,9,12-15H2,1-5H3. The molecule has 0 aliphatic heterocycles. The predicted octanol–water partition coefficient (Wildman–Crippen LogP) is 4.37. The normalized spacial score (nSPS) is 14.1. The van der Waals surface area contributed by atoms with Gasteiger partial charge in [-0.1, -0.05) is 51.1 Å².